The third-order valence-electron chi connectivity index (χ3n) is 1.48. The second-order valence-corrected chi connectivity index (χ2v) is 2.42. The van der Waals surface area contributed by atoms with Crippen molar-refractivity contribution in [3.05, 3.63) is 29.8 Å². The molecule has 0 saturated carbocycles. The molecule has 0 radical (unpaired) electrons. The van der Waals surface area contributed by atoms with Gasteiger partial charge < -0.3 is 5.11 Å². The Kier molecular flexibility index (Phi) is 4.35. The van der Waals surface area contributed by atoms with E-state index in [1.54, 1.807) is 12.1 Å². The zero-order valence-corrected chi connectivity index (χ0v) is 6.17. The van der Waals surface area contributed by atoms with Gasteiger partial charge in [0.05, 0.1) is 0 Å². The van der Waals surface area contributed by atoms with E-state index in [-0.39, 0.29) is 7.43 Å². The Hall–Kier alpha value is -0.980. The van der Waals surface area contributed by atoms with E-state index in [2.05, 4.69) is 6.92 Å². The van der Waals surface area contributed by atoms with E-state index in [1.807, 2.05) is 12.1 Å². The first kappa shape index (κ1) is 10.0. The van der Waals surface area contributed by atoms with Crippen LogP contribution in [0.4, 0.5) is 0 Å². The monoisotopic (exact) mass is 152 g/mol. The lowest BCUT2D eigenvalue weighted by Crippen LogP contribution is -1.79. The molecule has 1 nitrogen and oxygen atoms in total. The minimum Gasteiger partial charge on any atom is -0.508 e. The molecule has 0 aliphatic heterocycles. The average molecular weight is 152 g/mol. The SMILES string of the molecule is C.CCCc1ccc(O)cc1. The fraction of sp³-hybridized carbons (Fsp3) is 0.400. The number of rotatable bonds is 2. The minimum atomic E-state index is 0. The lowest BCUT2D eigenvalue weighted by molar-refractivity contribution is 0.475. The molecule has 0 bridgehead atoms. The topological polar surface area (TPSA) is 20.2 Å². The fourth-order valence-corrected chi connectivity index (χ4v) is 0.951. The van der Waals surface area contributed by atoms with Crippen molar-refractivity contribution in [1.82, 2.24) is 0 Å². The first-order valence-corrected chi connectivity index (χ1v) is 3.61. The quantitative estimate of drug-likeness (QED) is 0.690. The highest BCUT2D eigenvalue weighted by Gasteiger charge is 1.89. The van der Waals surface area contributed by atoms with Gasteiger partial charge in [-0.3, -0.25) is 0 Å². The van der Waals surface area contributed by atoms with Crippen molar-refractivity contribution in [2.75, 3.05) is 0 Å². The van der Waals surface area contributed by atoms with E-state index in [1.165, 1.54) is 5.56 Å². The summed E-state index contributed by atoms with van der Waals surface area (Å²) >= 11 is 0. The summed E-state index contributed by atoms with van der Waals surface area (Å²) in [5.41, 5.74) is 1.29. The molecule has 0 fully saturated rings. The summed E-state index contributed by atoms with van der Waals surface area (Å²) in [6, 6.07) is 7.37. The van der Waals surface area contributed by atoms with Crippen molar-refractivity contribution < 1.29 is 5.11 Å². The van der Waals surface area contributed by atoms with E-state index in [4.69, 9.17) is 5.11 Å². The second-order valence-electron chi connectivity index (χ2n) is 2.42. The Labute approximate surface area is 68.7 Å². The van der Waals surface area contributed by atoms with Crippen LogP contribution in [0.25, 0.3) is 0 Å². The highest BCUT2D eigenvalue weighted by molar-refractivity contribution is 5.25. The molecule has 0 saturated heterocycles. The number of phenolic OH excluding ortho intramolecular Hbond substituents is 1. The van der Waals surface area contributed by atoms with Crippen LogP contribution in [0.1, 0.15) is 26.3 Å². The van der Waals surface area contributed by atoms with Crippen LogP contribution in [0, 0.1) is 0 Å². The third kappa shape index (κ3) is 3.08. The van der Waals surface area contributed by atoms with Crippen LogP contribution in [-0.4, -0.2) is 5.11 Å². The molecule has 1 aromatic rings. The maximum atomic E-state index is 8.92. The van der Waals surface area contributed by atoms with Gasteiger partial charge in [-0.2, -0.15) is 0 Å². The number of benzene rings is 1. The predicted octanol–water partition coefficient (Wildman–Crippen LogP) is 2.98. The van der Waals surface area contributed by atoms with Crippen LogP contribution >= 0.6 is 0 Å². The average Bonchev–Trinajstić information content (AvgIpc) is 1.95. The Morgan fingerprint density at radius 2 is 1.73 bits per heavy atom. The molecular weight excluding hydrogens is 136 g/mol. The van der Waals surface area contributed by atoms with Gasteiger partial charge in [-0.1, -0.05) is 32.9 Å². The summed E-state index contributed by atoms with van der Waals surface area (Å²) in [7, 11) is 0. The number of aromatic hydroxyl groups is 1. The van der Waals surface area contributed by atoms with Gasteiger partial charge in [0.2, 0.25) is 0 Å². The summed E-state index contributed by atoms with van der Waals surface area (Å²) in [4.78, 5) is 0. The first-order valence-electron chi connectivity index (χ1n) is 3.61. The van der Waals surface area contributed by atoms with Crippen molar-refractivity contribution >= 4 is 0 Å². The molecule has 62 valence electrons. The van der Waals surface area contributed by atoms with Gasteiger partial charge in [0.15, 0.2) is 0 Å². The summed E-state index contributed by atoms with van der Waals surface area (Å²) in [6.45, 7) is 2.15. The summed E-state index contributed by atoms with van der Waals surface area (Å²) < 4.78 is 0. The van der Waals surface area contributed by atoms with Crippen LogP contribution in [-0.2, 0) is 6.42 Å². The maximum absolute atomic E-state index is 8.92. The van der Waals surface area contributed by atoms with E-state index < -0.39 is 0 Å². The molecule has 1 aromatic carbocycles. The Bertz CT molecular complexity index is 189. The highest BCUT2D eigenvalue weighted by Crippen LogP contribution is 2.10. The van der Waals surface area contributed by atoms with Crippen LogP contribution in [0.15, 0.2) is 24.3 Å². The normalized spacial score (nSPS) is 8.82. The van der Waals surface area contributed by atoms with E-state index in [0.29, 0.717) is 5.75 Å². The first-order chi connectivity index (χ1) is 4.83. The van der Waals surface area contributed by atoms with Crippen LogP contribution in [0.2, 0.25) is 0 Å². The number of hydrogen-bond donors (Lipinski definition) is 1. The molecule has 0 amide bonds. The molecule has 1 N–H and O–H groups in total. The van der Waals surface area contributed by atoms with Gasteiger partial charge in [0.1, 0.15) is 5.75 Å². The lowest BCUT2D eigenvalue weighted by Gasteiger charge is -1.96. The molecule has 1 rings (SSSR count). The van der Waals surface area contributed by atoms with Gasteiger partial charge in [-0.05, 0) is 24.1 Å². The molecule has 0 unspecified atom stereocenters. The molecule has 0 aliphatic rings. The molecule has 0 atom stereocenters. The standard InChI is InChI=1S/C9H12O.CH4/c1-2-3-8-4-6-9(10)7-5-8;/h4-7,10H,2-3H2,1H3;1H4. The van der Waals surface area contributed by atoms with Gasteiger partial charge >= 0.3 is 0 Å². The fourth-order valence-electron chi connectivity index (χ4n) is 0.951. The zero-order valence-electron chi connectivity index (χ0n) is 6.17. The van der Waals surface area contributed by atoms with Crippen LogP contribution in [0.5, 0.6) is 5.75 Å². The van der Waals surface area contributed by atoms with Gasteiger partial charge in [0.25, 0.3) is 0 Å². The molecule has 1 heteroatoms. The molecule has 0 aromatic heterocycles. The Morgan fingerprint density at radius 1 is 1.18 bits per heavy atom. The number of hydrogen-bond acceptors (Lipinski definition) is 1. The van der Waals surface area contributed by atoms with Gasteiger partial charge in [0, 0.05) is 0 Å². The van der Waals surface area contributed by atoms with Crippen LogP contribution < -0.4 is 0 Å². The van der Waals surface area contributed by atoms with E-state index in [9.17, 15) is 0 Å². The highest BCUT2D eigenvalue weighted by atomic mass is 16.3. The Morgan fingerprint density at radius 3 is 2.18 bits per heavy atom. The number of aryl methyl sites for hydroxylation is 1. The van der Waals surface area contributed by atoms with E-state index in [0.717, 1.165) is 12.8 Å². The number of phenols is 1. The largest absolute Gasteiger partial charge is 0.508 e. The molecule has 11 heavy (non-hydrogen) atoms. The predicted molar refractivity (Wildman–Crippen MR) is 48.8 cm³/mol. The molecule has 0 heterocycles. The van der Waals surface area contributed by atoms with Crippen LogP contribution in [0.3, 0.4) is 0 Å². The summed E-state index contributed by atoms with van der Waals surface area (Å²) in [5.74, 6) is 0.347. The smallest absolute Gasteiger partial charge is 0.115 e. The zero-order chi connectivity index (χ0) is 7.40. The minimum absolute atomic E-state index is 0. The van der Waals surface area contributed by atoms with Crippen molar-refractivity contribution in [3.63, 3.8) is 0 Å². The van der Waals surface area contributed by atoms with Gasteiger partial charge in [-0.25, -0.2) is 0 Å². The molecule has 0 spiro atoms. The second kappa shape index (κ2) is 4.78. The van der Waals surface area contributed by atoms with Crippen molar-refractivity contribution in [2.24, 2.45) is 0 Å². The molecular formula is C10H16O. The maximum Gasteiger partial charge on any atom is 0.115 e. The Balaban J connectivity index is 0.000001000. The third-order valence-corrected chi connectivity index (χ3v) is 1.48. The van der Waals surface area contributed by atoms with Gasteiger partial charge in [-0.15, -0.1) is 0 Å². The lowest BCUT2D eigenvalue weighted by atomic mass is 10.1. The summed E-state index contributed by atoms with van der Waals surface area (Å²) in [5, 5.41) is 8.92. The van der Waals surface area contributed by atoms with Crippen molar-refractivity contribution in [3.8, 4) is 5.75 Å². The summed E-state index contributed by atoms with van der Waals surface area (Å²) in [6.07, 6.45) is 2.26. The van der Waals surface area contributed by atoms with Crippen molar-refractivity contribution in [2.45, 2.75) is 27.2 Å². The van der Waals surface area contributed by atoms with Crippen molar-refractivity contribution in [1.29, 1.82) is 0 Å². The van der Waals surface area contributed by atoms with E-state index >= 15 is 0 Å². The molecule has 0 aliphatic carbocycles.